The zero-order chi connectivity index (χ0) is 15.6. The fourth-order valence-electron chi connectivity index (χ4n) is 1.94. The van der Waals surface area contributed by atoms with Gasteiger partial charge in [-0.1, -0.05) is 6.92 Å². The van der Waals surface area contributed by atoms with Gasteiger partial charge in [-0.05, 0) is 18.6 Å². The topological polar surface area (TPSA) is 85.0 Å². The zero-order valence-corrected chi connectivity index (χ0v) is 11.6. The lowest BCUT2D eigenvalue weighted by atomic mass is 10.1. The summed E-state index contributed by atoms with van der Waals surface area (Å²) < 4.78 is 28.7. The molecule has 1 amide bonds. The second-order valence-corrected chi connectivity index (χ2v) is 4.43. The molecule has 8 heteroatoms. The van der Waals surface area contributed by atoms with Crippen molar-refractivity contribution >= 4 is 17.3 Å². The molecule has 0 aliphatic carbocycles. The molecule has 2 rings (SSSR count). The standard InChI is InChI=1S/C13H15F2N5O/c1-3-10-11(6-20(2)19-10)17-13(21)7-4-8(14)12(18-16)9(15)5-7/h4-6,18H,3,16H2,1-2H3,(H,17,21). The summed E-state index contributed by atoms with van der Waals surface area (Å²) in [5.41, 5.74) is 2.47. The van der Waals surface area contributed by atoms with Crippen molar-refractivity contribution in [1.29, 1.82) is 0 Å². The Balaban J connectivity index is 2.28. The average Bonchev–Trinajstić information content (AvgIpc) is 2.78. The molecule has 0 unspecified atom stereocenters. The fraction of sp³-hybridized carbons (Fsp3) is 0.231. The first kappa shape index (κ1) is 14.9. The minimum Gasteiger partial charge on any atom is -0.319 e. The Labute approximate surface area is 119 Å². The van der Waals surface area contributed by atoms with E-state index in [0.29, 0.717) is 17.8 Å². The van der Waals surface area contributed by atoms with Crippen LogP contribution in [-0.4, -0.2) is 15.7 Å². The average molecular weight is 295 g/mol. The molecule has 2 aromatic rings. The maximum absolute atomic E-state index is 13.6. The number of carbonyl (C=O) groups excluding carboxylic acids is 1. The summed E-state index contributed by atoms with van der Waals surface area (Å²) in [6.45, 7) is 1.89. The van der Waals surface area contributed by atoms with Crippen LogP contribution in [0.15, 0.2) is 18.3 Å². The first-order valence-electron chi connectivity index (χ1n) is 6.25. The summed E-state index contributed by atoms with van der Waals surface area (Å²) >= 11 is 0. The number of hydrazine groups is 1. The predicted octanol–water partition coefficient (Wildman–Crippen LogP) is 1.80. The number of halogens is 2. The molecule has 6 nitrogen and oxygen atoms in total. The van der Waals surface area contributed by atoms with E-state index in [2.05, 4.69) is 10.4 Å². The third-order valence-electron chi connectivity index (χ3n) is 2.94. The lowest BCUT2D eigenvalue weighted by molar-refractivity contribution is 0.102. The quantitative estimate of drug-likeness (QED) is 0.593. The minimum atomic E-state index is -0.940. The fourth-order valence-corrected chi connectivity index (χ4v) is 1.94. The largest absolute Gasteiger partial charge is 0.319 e. The molecule has 1 heterocycles. The lowest BCUT2D eigenvalue weighted by Crippen LogP contribution is -2.16. The second-order valence-electron chi connectivity index (χ2n) is 4.43. The van der Waals surface area contributed by atoms with Gasteiger partial charge in [-0.25, -0.2) is 8.78 Å². The summed E-state index contributed by atoms with van der Waals surface area (Å²) in [5, 5.41) is 6.75. The molecule has 0 bridgehead atoms. The molecule has 112 valence electrons. The predicted molar refractivity (Wildman–Crippen MR) is 74.7 cm³/mol. The smallest absolute Gasteiger partial charge is 0.255 e. The normalized spacial score (nSPS) is 10.5. The van der Waals surface area contributed by atoms with Crippen LogP contribution in [0, 0.1) is 11.6 Å². The molecule has 0 atom stereocenters. The van der Waals surface area contributed by atoms with Gasteiger partial charge in [0.2, 0.25) is 0 Å². The second kappa shape index (κ2) is 5.88. The van der Waals surface area contributed by atoms with Gasteiger partial charge in [-0.2, -0.15) is 5.10 Å². The van der Waals surface area contributed by atoms with Crippen LogP contribution in [0.3, 0.4) is 0 Å². The molecule has 1 aromatic heterocycles. The number of amides is 1. The van der Waals surface area contributed by atoms with Crippen molar-refractivity contribution in [2.45, 2.75) is 13.3 Å². The van der Waals surface area contributed by atoms with Gasteiger partial charge in [0.1, 0.15) is 5.69 Å². The summed E-state index contributed by atoms with van der Waals surface area (Å²) in [5.74, 6) is 2.49. The Bertz CT molecular complexity index is 660. The highest BCUT2D eigenvalue weighted by atomic mass is 19.1. The molecule has 0 saturated carbocycles. The van der Waals surface area contributed by atoms with Gasteiger partial charge < -0.3 is 10.7 Å². The Kier molecular flexibility index (Phi) is 4.18. The highest BCUT2D eigenvalue weighted by molar-refractivity contribution is 6.04. The van der Waals surface area contributed by atoms with Crippen molar-refractivity contribution < 1.29 is 13.6 Å². The molecule has 0 saturated heterocycles. The maximum Gasteiger partial charge on any atom is 0.255 e. The van der Waals surface area contributed by atoms with E-state index in [9.17, 15) is 13.6 Å². The number of nitrogens with one attached hydrogen (secondary N) is 2. The summed E-state index contributed by atoms with van der Waals surface area (Å²) in [7, 11) is 1.72. The summed E-state index contributed by atoms with van der Waals surface area (Å²) in [4.78, 5) is 12.1. The lowest BCUT2D eigenvalue weighted by Gasteiger charge is -2.08. The summed E-state index contributed by atoms with van der Waals surface area (Å²) in [6.07, 6.45) is 2.24. The number of hydrogen-bond donors (Lipinski definition) is 3. The number of carbonyl (C=O) groups is 1. The van der Waals surface area contributed by atoms with Crippen LogP contribution in [0.1, 0.15) is 23.0 Å². The van der Waals surface area contributed by atoms with E-state index in [0.717, 1.165) is 12.1 Å². The van der Waals surface area contributed by atoms with Crippen LogP contribution in [0.5, 0.6) is 0 Å². The van der Waals surface area contributed by atoms with E-state index in [1.165, 1.54) is 0 Å². The van der Waals surface area contributed by atoms with Crippen LogP contribution in [0.4, 0.5) is 20.2 Å². The van der Waals surface area contributed by atoms with Gasteiger partial charge in [-0.3, -0.25) is 15.3 Å². The number of anilines is 2. The van der Waals surface area contributed by atoms with Crippen LogP contribution in [0.25, 0.3) is 0 Å². The van der Waals surface area contributed by atoms with Crippen molar-refractivity contribution in [2.24, 2.45) is 12.9 Å². The van der Waals surface area contributed by atoms with Gasteiger partial charge in [0.05, 0.1) is 11.4 Å². The van der Waals surface area contributed by atoms with Crippen molar-refractivity contribution in [2.75, 3.05) is 10.7 Å². The Hall–Kier alpha value is -2.48. The highest BCUT2D eigenvalue weighted by Gasteiger charge is 2.16. The van der Waals surface area contributed by atoms with Crippen molar-refractivity contribution in [1.82, 2.24) is 9.78 Å². The molecule has 1 aromatic carbocycles. The maximum atomic E-state index is 13.6. The number of nitrogen functional groups attached to an aromatic ring is 1. The Morgan fingerprint density at radius 3 is 2.52 bits per heavy atom. The monoisotopic (exact) mass is 295 g/mol. The third-order valence-corrected chi connectivity index (χ3v) is 2.94. The molecular weight excluding hydrogens is 280 g/mol. The van der Waals surface area contributed by atoms with Gasteiger partial charge >= 0.3 is 0 Å². The Morgan fingerprint density at radius 2 is 2.00 bits per heavy atom. The molecule has 0 aliphatic heterocycles. The van der Waals surface area contributed by atoms with Crippen molar-refractivity contribution in [3.8, 4) is 0 Å². The van der Waals surface area contributed by atoms with Crippen molar-refractivity contribution in [3.63, 3.8) is 0 Å². The molecule has 4 N–H and O–H groups in total. The SMILES string of the molecule is CCc1nn(C)cc1NC(=O)c1cc(F)c(NN)c(F)c1. The van der Waals surface area contributed by atoms with E-state index in [1.54, 1.807) is 17.9 Å². The number of rotatable bonds is 4. The number of hydrogen-bond acceptors (Lipinski definition) is 4. The van der Waals surface area contributed by atoms with Crippen LogP contribution in [0.2, 0.25) is 0 Å². The first-order chi connectivity index (χ1) is 9.96. The Morgan fingerprint density at radius 1 is 1.38 bits per heavy atom. The van der Waals surface area contributed by atoms with Crippen LogP contribution in [-0.2, 0) is 13.5 Å². The number of benzene rings is 1. The van der Waals surface area contributed by atoms with Gasteiger partial charge in [0, 0.05) is 18.8 Å². The zero-order valence-electron chi connectivity index (χ0n) is 11.6. The molecule has 0 radical (unpaired) electrons. The number of nitrogens with zero attached hydrogens (tertiary/aromatic N) is 2. The first-order valence-corrected chi connectivity index (χ1v) is 6.25. The minimum absolute atomic E-state index is 0.144. The van der Waals surface area contributed by atoms with E-state index >= 15 is 0 Å². The van der Waals surface area contributed by atoms with Crippen molar-refractivity contribution in [3.05, 3.63) is 41.2 Å². The third kappa shape index (κ3) is 3.00. The molecule has 21 heavy (non-hydrogen) atoms. The van der Waals surface area contributed by atoms with Gasteiger partial charge in [-0.15, -0.1) is 0 Å². The molecular formula is C13H15F2N5O. The number of aromatic nitrogens is 2. The van der Waals surface area contributed by atoms with E-state index in [-0.39, 0.29) is 5.56 Å². The highest BCUT2D eigenvalue weighted by Crippen LogP contribution is 2.21. The molecule has 0 spiro atoms. The van der Waals surface area contributed by atoms with Gasteiger partial charge in [0.15, 0.2) is 11.6 Å². The van der Waals surface area contributed by atoms with E-state index in [1.807, 2.05) is 12.3 Å². The molecule has 0 aliphatic rings. The number of nitrogens with two attached hydrogens (primary N) is 1. The van der Waals surface area contributed by atoms with Crippen LogP contribution < -0.4 is 16.6 Å². The molecule has 0 fully saturated rings. The number of aryl methyl sites for hydroxylation is 2. The van der Waals surface area contributed by atoms with Gasteiger partial charge in [0.25, 0.3) is 5.91 Å². The summed E-state index contributed by atoms with van der Waals surface area (Å²) in [6, 6.07) is 1.82. The van der Waals surface area contributed by atoms with E-state index < -0.39 is 23.2 Å². The van der Waals surface area contributed by atoms with Crippen LogP contribution >= 0.6 is 0 Å². The van der Waals surface area contributed by atoms with E-state index in [4.69, 9.17) is 5.84 Å².